The van der Waals surface area contributed by atoms with Crippen LogP contribution in [0.3, 0.4) is 0 Å². The Kier molecular flexibility index (Phi) is 7.06. The van der Waals surface area contributed by atoms with Gasteiger partial charge in [0.25, 0.3) is 0 Å². The van der Waals surface area contributed by atoms with E-state index in [2.05, 4.69) is 0 Å². The van der Waals surface area contributed by atoms with E-state index < -0.39 is 35.3 Å². The van der Waals surface area contributed by atoms with E-state index in [1.54, 1.807) is 31.2 Å². The Labute approximate surface area is 190 Å². The molecule has 8 heteroatoms. The molecule has 1 unspecified atom stereocenters. The van der Waals surface area contributed by atoms with Crippen molar-refractivity contribution in [2.45, 2.75) is 19.8 Å². The van der Waals surface area contributed by atoms with E-state index in [0.29, 0.717) is 12.0 Å². The smallest absolute Gasteiger partial charge is 0.320 e. The summed E-state index contributed by atoms with van der Waals surface area (Å²) < 4.78 is 14.9. The van der Waals surface area contributed by atoms with Gasteiger partial charge in [-0.15, -0.1) is 0 Å². The minimum absolute atomic E-state index is 0.00658. The summed E-state index contributed by atoms with van der Waals surface area (Å²) in [7, 11) is 3.62. The second-order valence-corrected chi connectivity index (χ2v) is 7.59. The largest absolute Gasteiger partial charge is 0.495 e. The number of ether oxygens (including phenoxy) is 3. The van der Waals surface area contributed by atoms with Crippen molar-refractivity contribution in [3.63, 3.8) is 0 Å². The Morgan fingerprint density at radius 2 is 1.39 bits per heavy atom. The molecule has 1 aliphatic rings. The van der Waals surface area contributed by atoms with Crippen molar-refractivity contribution in [2.75, 3.05) is 21.3 Å². The first-order valence-corrected chi connectivity index (χ1v) is 10.4. The molecule has 0 heterocycles. The quantitative estimate of drug-likeness (QED) is 0.291. The summed E-state index contributed by atoms with van der Waals surface area (Å²) in [5.74, 6) is -4.76. The summed E-state index contributed by atoms with van der Waals surface area (Å²) in [5, 5.41) is 0. The highest BCUT2D eigenvalue weighted by molar-refractivity contribution is 6.30. The van der Waals surface area contributed by atoms with E-state index in [1.165, 1.54) is 19.2 Å². The predicted octanol–water partition coefficient (Wildman–Crippen LogP) is 3.03. The van der Waals surface area contributed by atoms with Gasteiger partial charge in [0.2, 0.25) is 0 Å². The lowest BCUT2D eigenvalue weighted by Gasteiger charge is -2.23. The van der Waals surface area contributed by atoms with Gasteiger partial charge in [-0.05, 0) is 18.1 Å². The van der Waals surface area contributed by atoms with Crippen molar-refractivity contribution in [3.05, 3.63) is 64.2 Å². The Balaban J connectivity index is 2.03. The topological polar surface area (TPSA) is 113 Å². The molecule has 0 spiro atoms. The predicted molar refractivity (Wildman–Crippen MR) is 117 cm³/mol. The van der Waals surface area contributed by atoms with Crippen LogP contribution in [0.25, 0.3) is 0 Å². The van der Waals surface area contributed by atoms with Crippen molar-refractivity contribution >= 4 is 29.3 Å². The third-order valence-electron chi connectivity index (χ3n) is 5.90. The zero-order valence-corrected chi connectivity index (χ0v) is 18.8. The fraction of sp³-hybridized carbons (Fsp3) is 0.320. The fourth-order valence-electron chi connectivity index (χ4n) is 4.17. The highest BCUT2D eigenvalue weighted by Gasteiger charge is 2.39. The number of methoxy groups -OCH3 is 3. The molecule has 0 radical (unpaired) electrons. The summed E-state index contributed by atoms with van der Waals surface area (Å²) in [5.41, 5.74) is 0.796. The van der Waals surface area contributed by atoms with Crippen LogP contribution >= 0.6 is 0 Å². The van der Waals surface area contributed by atoms with Crippen molar-refractivity contribution in [3.8, 4) is 5.75 Å². The molecule has 0 amide bonds. The van der Waals surface area contributed by atoms with E-state index in [0.717, 1.165) is 14.2 Å². The third-order valence-corrected chi connectivity index (χ3v) is 5.90. The lowest BCUT2D eigenvalue weighted by atomic mass is 9.80. The molecule has 1 aliphatic carbocycles. The second kappa shape index (κ2) is 9.77. The van der Waals surface area contributed by atoms with Gasteiger partial charge in [0, 0.05) is 23.1 Å². The molecule has 1 atom stereocenters. The number of ketones is 3. The summed E-state index contributed by atoms with van der Waals surface area (Å²) in [6.07, 6.45) is 0.123. The van der Waals surface area contributed by atoms with E-state index >= 15 is 0 Å². The summed E-state index contributed by atoms with van der Waals surface area (Å²) in [6, 6.07) is 9.32. The van der Waals surface area contributed by atoms with Gasteiger partial charge in [0.1, 0.15) is 5.75 Å². The highest BCUT2D eigenvalue weighted by atomic mass is 16.5. The molecule has 0 bridgehead atoms. The molecule has 0 saturated carbocycles. The lowest BCUT2D eigenvalue weighted by molar-refractivity contribution is -0.161. The maximum Gasteiger partial charge on any atom is 0.320 e. The molecule has 0 N–H and O–H groups in total. The van der Waals surface area contributed by atoms with Crippen LogP contribution in [0.15, 0.2) is 36.4 Å². The first-order valence-electron chi connectivity index (χ1n) is 10.4. The first kappa shape index (κ1) is 23.8. The second-order valence-electron chi connectivity index (χ2n) is 7.59. The maximum atomic E-state index is 13.3. The average molecular weight is 452 g/mol. The molecule has 8 nitrogen and oxygen atoms in total. The monoisotopic (exact) mass is 452 g/mol. The highest BCUT2D eigenvalue weighted by Crippen LogP contribution is 2.37. The number of hydrogen-bond acceptors (Lipinski definition) is 8. The molecule has 172 valence electrons. The number of carbonyl (C=O) groups is 5. The van der Waals surface area contributed by atoms with Gasteiger partial charge in [-0.1, -0.05) is 37.6 Å². The molecule has 0 aliphatic heterocycles. The van der Waals surface area contributed by atoms with Crippen LogP contribution in [-0.4, -0.2) is 50.6 Å². The molecule has 2 aromatic rings. The van der Waals surface area contributed by atoms with Crippen LogP contribution in [0.5, 0.6) is 5.75 Å². The number of esters is 2. The molecule has 3 rings (SSSR count). The van der Waals surface area contributed by atoms with E-state index in [9.17, 15) is 24.0 Å². The van der Waals surface area contributed by atoms with Crippen LogP contribution in [0.1, 0.15) is 62.0 Å². The summed E-state index contributed by atoms with van der Waals surface area (Å²) in [6.45, 7) is 1.74. The summed E-state index contributed by atoms with van der Waals surface area (Å²) in [4.78, 5) is 63.8. The van der Waals surface area contributed by atoms with Crippen LogP contribution in [0.2, 0.25) is 0 Å². The Bertz CT molecular complexity index is 1130. The van der Waals surface area contributed by atoms with E-state index in [4.69, 9.17) is 14.2 Å². The molecular formula is C25H24O8. The van der Waals surface area contributed by atoms with Crippen LogP contribution in [0.4, 0.5) is 0 Å². The maximum absolute atomic E-state index is 13.3. The number of Topliss-reactive ketones (excluding diaryl/α,β-unsaturated/α-hetero) is 1. The van der Waals surface area contributed by atoms with Crippen LogP contribution in [-0.2, 0) is 19.1 Å². The number of fused-ring (bicyclic) bond motifs is 2. The van der Waals surface area contributed by atoms with Gasteiger partial charge in [-0.3, -0.25) is 24.0 Å². The zero-order chi connectivity index (χ0) is 24.3. The van der Waals surface area contributed by atoms with Gasteiger partial charge in [0.05, 0.1) is 32.5 Å². The number of rotatable bonds is 8. The van der Waals surface area contributed by atoms with Crippen molar-refractivity contribution in [2.24, 2.45) is 11.8 Å². The number of carbonyl (C=O) groups excluding carboxylic acids is 5. The lowest BCUT2D eigenvalue weighted by Crippen LogP contribution is -2.34. The van der Waals surface area contributed by atoms with Crippen molar-refractivity contribution in [1.82, 2.24) is 0 Å². The Morgan fingerprint density at radius 1 is 0.818 bits per heavy atom. The molecular weight excluding hydrogens is 428 g/mol. The minimum atomic E-state index is -1.27. The van der Waals surface area contributed by atoms with Crippen molar-refractivity contribution < 1.29 is 38.2 Å². The average Bonchev–Trinajstić information content (AvgIpc) is 2.85. The van der Waals surface area contributed by atoms with Gasteiger partial charge < -0.3 is 14.2 Å². The van der Waals surface area contributed by atoms with Gasteiger partial charge in [0.15, 0.2) is 23.3 Å². The van der Waals surface area contributed by atoms with Gasteiger partial charge in [-0.2, -0.15) is 0 Å². The molecule has 0 aromatic heterocycles. The van der Waals surface area contributed by atoms with E-state index in [1.807, 2.05) is 0 Å². The van der Waals surface area contributed by atoms with Gasteiger partial charge in [-0.25, -0.2) is 0 Å². The number of benzene rings is 2. The molecule has 0 saturated heterocycles. The first-order chi connectivity index (χ1) is 15.8. The van der Waals surface area contributed by atoms with Gasteiger partial charge >= 0.3 is 11.9 Å². The molecule has 33 heavy (non-hydrogen) atoms. The molecule has 0 fully saturated rings. The summed E-state index contributed by atoms with van der Waals surface area (Å²) >= 11 is 0. The minimum Gasteiger partial charge on any atom is -0.495 e. The fourth-order valence-corrected chi connectivity index (χ4v) is 4.17. The normalized spacial score (nSPS) is 13.1. The Morgan fingerprint density at radius 3 is 1.91 bits per heavy atom. The van der Waals surface area contributed by atoms with Crippen molar-refractivity contribution in [1.29, 1.82) is 0 Å². The van der Waals surface area contributed by atoms with Crippen LogP contribution < -0.4 is 4.74 Å². The zero-order valence-electron chi connectivity index (χ0n) is 18.8. The molecule has 2 aromatic carbocycles. The number of hydrogen-bond donors (Lipinski definition) is 0. The third kappa shape index (κ3) is 4.16. The standard InChI is InChI=1S/C25H24O8/c1-5-13(19(24(29)32-3)25(30)33-4)12-18(26)16-10-11-17-20(23(16)31-2)22(28)15-9-7-6-8-14(15)21(17)27/h6-11,13,19H,5,12H2,1-4H3. The van der Waals surface area contributed by atoms with Crippen LogP contribution in [0, 0.1) is 11.8 Å². The Hall–Kier alpha value is -3.81. The van der Waals surface area contributed by atoms with E-state index in [-0.39, 0.29) is 40.2 Å². The SMILES string of the molecule is CCC(CC(=O)c1ccc2c(c1OC)C(=O)c1ccccc1C2=O)C(C(=O)OC)C(=O)OC.